The first-order valence-corrected chi connectivity index (χ1v) is 5.33. The number of nitrogens with one attached hydrogen (secondary N) is 1. The average Bonchev–Trinajstić information content (AvgIpc) is 2.51. The largest absolute Gasteiger partial charge is 0.385 e. The molecule has 0 amide bonds. The molecule has 1 N–H and O–H groups in total. The highest BCUT2D eigenvalue weighted by Gasteiger charge is 2.04. The van der Waals surface area contributed by atoms with E-state index in [1.165, 1.54) is 0 Å². The highest BCUT2D eigenvalue weighted by atomic mass is 32.1. The molecule has 0 spiro atoms. The molecule has 0 saturated heterocycles. The van der Waals surface area contributed by atoms with Gasteiger partial charge in [-0.05, 0) is 25.1 Å². The molecule has 1 heterocycles. The van der Waals surface area contributed by atoms with Crippen molar-refractivity contribution in [2.24, 2.45) is 0 Å². The van der Waals surface area contributed by atoms with E-state index in [4.69, 9.17) is 17.0 Å². The van der Waals surface area contributed by atoms with Crippen LogP contribution in [0.3, 0.4) is 0 Å². The Morgan fingerprint density at radius 2 is 2.36 bits per heavy atom. The van der Waals surface area contributed by atoms with E-state index in [9.17, 15) is 0 Å². The Balaban J connectivity index is 2.61. The number of hydrogen-bond donors (Lipinski definition) is 1. The van der Waals surface area contributed by atoms with Gasteiger partial charge >= 0.3 is 0 Å². The summed E-state index contributed by atoms with van der Waals surface area (Å²) in [5.74, 6) is 1.04. The quantitative estimate of drug-likeness (QED) is 0.582. The first-order valence-electron chi connectivity index (χ1n) is 4.92. The van der Waals surface area contributed by atoms with Crippen molar-refractivity contribution in [1.29, 1.82) is 0 Å². The van der Waals surface area contributed by atoms with Crippen molar-refractivity contribution in [3.8, 4) is 0 Å². The lowest BCUT2D eigenvalue weighted by atomic mass is 10.3. The van der Waals surface area contributed by atoms with Crippen molar-refractivity contribution in [1.82, 2.24) is 14.8 Å². The van der Waals surface area contributed by atoms with Gasteiger partial charge in [0.15, 0.2) is 4.77 Å². The van der Waals surface area contributed by atoms with Crippen LogP contribution in [0, 0.1) is 4.77 Å². The maximum atomic E-state index is 5.13. The molecular weight excluding hydrogens is 198 g/mol. The van der Waals surface area contributed by atoms with Crippen LogP contribution in [0.25, 0.3) is 0 Å². The second-order valence-corrected chi connectivity index (χ2v) is 3.58. The van der Waals surface area contributed by atoms with Crippen molar-refractivity contribution in [2.45, 2.75) is 32.7 Å². The van der Waals surface area contributed by atoms with Crippen LogP contribution in [0.2, 0.25) is 0 Å². The fourth-order valence-electron chi connectivity index (χ4n) is 1.37. The lowest BCUT2D eigenvalue weighted by Crippen LogP contribution is -2.05. The molecule has 0 radical (unpaired) electrons. The number of methoxy groups -OCH3 is 1. The Labute approximate surface area is 89.3 Å². The third-order valence-corrected chi connectivity index (χ3v) is 2.35. The number of ether oxygens (including phenoxy) is 1. The number of H-pyrrole nitrogens is 1. The van der Waals surface area contributed by atoms with Crippen LogP contribution < -0.4 is 0 Å². The highest BCUT2D eigenvalue weighted by molar-refractivity contribution is 7.71. The van der Waals surface area contributed by atoms with E-state index in [-0.39, 0.29) is 0 Å². The molecule has 0 aliphatic rings. The van der Waals surface area contributed by atoms with Gasteiger partial charge in [-0.15, -0.1) is 0 Å². The van der Waals surface area contributed by atoms with E-state index in [0.29, 0.717) is 0 Å². The predicted molar refractivity (Wildman–Crippen MR) is 57.9 cm³/mol. The molecule has 5 heteroatoms. The minimum atomic E-state index is 0.722. The van der Waals surface area contributed by atoms with Crippen LogP contribution in [-0.4, -0.2) is 28.5 Å². The number of aromatic amines is 1. The third-order valence-electron chi connectivity index (χ3n) is 2.03. The van der Waals surface area contributed by atoms with Gasteiger partial charge in [0.2, 0.25) is 0 Å². The summed E-state index contributed by atoms with van der Waals surface area (Å²) in [5.41, 5.74) is 0. The van der Waals surface area contributed by atoms with E-state index in [1.807, 2.05) is 0 Å². The molecule has 0 atom stereocenters. The lowest BCUT2D eigenvalue weighted by molar-refractivity contribution is 0.194. The van der Waals surface area contributed by atoms with Gasteiger partial charge in [-0.2, -0.15) is 5.10 Å². The van der Waals surface area contributed by atoms with Crippen LogP contribution in [0.1, 0.15) is 25.6 Å². The van der Waals surface area contributed by atoms with Crippen molar-refractivity contribution in [3.63, 3.8) is 0 Å². The van der Waals surface area contributed by atoms with E-state index < -0.39 is 0 Å². The normalized spacial score (nSPS) is 10.7. The zero-order valence-electron chi connectivity index (χ0n) is 8.75. The zero-order valence-corrected chi connectivity index (χ0v) is 9.56. The fourth-order valence-corrected chi connectivity index (χ4v) is 1.61. The second-order valence-electron chi connectivity index (χ2n) is 3.19. The molecule has 1 aromatic rings. The molecule has 1 rings (SSSR count). The summed E-state index contributed by atoms with van der Waals surface area (Å²) in [4.78, 5) is 0. The summed E-state index contributed by atoms with van der Waals surface area (Å²) in [6.07, 6.45) is 2.98. The fraction of sp³-hybridized carbons (Fsp3) is 0.778. The monoisotopic (exact) mass is 215 g/mol. The van der Waals surface area contributed by atoms with Gasteiger partial charge < -0.3 is 9.30 Å². The van der Waals surface area contributed by atoms with Crippen molar-refractivity contribution in [3.05, 3.63) is 10.6 Å². The molecule has 14 heavy (non-hydrogen) atoms. The van der Waals surface area contributed by atoms with E-state index in [0.717, 1.165) is 43.0 Å². The molecule has 80 valence electrons. The van der Waals surface area contributed by atoms with Gasteiger partial charge in [-0.3, -0.25) is 5.10 Å². The minimum Gasteiger partial charge on any atom is -0.385 e. The van der Waals surface area contributed by atoms with Crippen LogP contribution in [-0.2, 0) is 17.7 Å². The Kier molecular flexibility index (Phi) is 4.82. The smallest absolute Gasteiger partial charge is 0.195 e. The maximum absolute atomic E-state index is 5.13. The van der Waals surface area contributed by atoms with Crippen LogP contribution in [0.15, 0.2) is 0 Å². The summed E-state index contributed by atoms with van der Waals surface area (Å²) >= 11 is 5.13. The number of rotatable bonds is 6. The average molecular weight is 215 g/mol. The molecule has 0 aliphatic heterocycles. The predicted octanol–water partition coefficient (Wildman–Crippen LogP) is 1.93. The molecule has 0 unspecified atom stereocenters. The molecule has 0 fully saturated rings. The first kappa shape index (κ1) is 11.4. The summed E-state index contributed by atoms with van der Waals surface area (Å²) in [7, 11) is 1.71. The summed E-state index contributed by atoms with van der Waals surface area (Å²) in [6.45, 7) is 3.84. The summed E-state index contributed by atoms with van der Waals surface area (Å²) in [5, 5.41) is 7.02. The molecule has 0 aliphatic carbocycles. The lowest BCUT2D eigenvalue weighted by Gasteiger charge is -2.04. The molecule has 0 bridgehead atoms. The van der Waals surface area contributed by atoms with E-state index in [1.54, 1.807) is 7.11 Å². The van der Waals surface area contributed by atoms with Gasteiger partial charge in [0.05, 0.1) is 0 Å². The van der Waals surface area contributed by atoms with E-state index in [2.05, 4.69) is 21.7 Å². The van der Waals surface area contributed by atoms with Gasteiger partial charge in [-0.25, -0.2) is 0 Å². The summed E-state index contributed by atoms with van der Waals surface area (Å²) < 4.78 is 7.78. The van der Waals surface area contributed by atoms with Crippen LogP contribution in [0.4, 0.5) is 0 Å². The Bertz CT molecular complexity index is 318. The van der Waals surface area contributed by atoms with Gasteiger partial charge in [0.1, 0.15) is 5.82 Å². The van der Waals surface area contributed by atoms with Crippen molar-refractivity contribution in [2.75, 3.05) is 13.7 Å². The number of aryl methyl sites for hydroxylation is 1. The molecule has 0 saturated carbocycles. The zero-order chi connectivity index (χ0) is 10.4. The van der Waals surface area contributed by atoms with Crippen molar-refractivity contribution >= 4 is 12.2 Å². The van der Waals surface area contributed by atoms with Crippen molar-refractivity contribution < 1.29 is 4.74 Å². The standard InChI is InChI=1S/C9H17N3OS/c1-3-6-12-8(5-4-7-13-2)10-11-9(12)14/h3-7H2,1-2H3,(H,11,14). The number of nitrogens with zero attached hydrogens (tertiary/aromatic N) is 2. The molecule has 1 aromatic heterocycles. The third kappa shape index (κ3) is 2.92. The Morgan fingerprint density at radius 3 is 3.00 bits per heavy atom. The Hall–Kier alpha value is -0.680. The highest BCUT2D eigenvalue weighted by Crippen LogP contribution is 2.02. The molecule has 4 nitrogen and oxygen atoms in total. The first-order chi connectivity index (χ1) is 6.79. The maximum Gasteiger partial charge on any atom is 0.195 e. The number of aromatic nitrogens is 3. The number of hydrogen-bond acceptors (Lipinski definition) is 3. The van der Waals surface area contributed by atoms with Gasteiger partial charge in [-0.1, -0.05) is 6.92 Å². The second kappa shape index (κ2) is 5.93. The van der Waals surface area contributed by atoms with Crippen LogP contribution >= 0.6 is 12.2 Å². The minimum absolute atomic E-state index is 0.722. The van der Waals surface area contributed by atoms with Gasteiger partial charge in [0, 0.05) is 26.7 Å². The summed E-state index contributed by atoms with van der Waals surface area (Å²) in [6, 6.07) is 0. The topological polar surface area (TPSA) is 42.8 Å². The molecular formula is C9H17N3OS. The Morgan fingerprint density at radius 1 is 1.57 bits per heavy atom. The van der Waals surface area contributed by atoms with Gasteiger partial charge in [0.25, 0.3) is 0 Å². The van der Waals surface area contributed by atoms with E-state index >= 15 is 0 Å². The SMILES string of the molecule is CCCn1c(CCCOC)n[nH]c1=S. The molecule has 0 aromatic carbocycles. The van der Waals surface area contributed by atoms with Crippen LogP contribution in [0.5, 0.6) is 0 Å².